The lowest BCUT2D eigenvalue weighted by atomic mass is 9.71. The molecule has 1 heteroatoms. The van der Waals surface area contributed by atoms with Gasteiger partial charge in [0.2, 0.25) is 0 Å². The first kappa shape index (κ1) is 10.7. The highest BCUT2D eigenvalue weighted by Gasteiger charge is 2.30. The molecule has 1 nitrogen and oxygen atoms in total. The van der Waals surface area contributed by atoms with Crippen molar-refractivity contribution < 1.29 is 4.79 Å². The zero-order chi connectivity index (χ0) is 9.84. The van der Waals surface area contributed by atoms with E-state index in [1.54, 1.807) is 0 Å². The SMILES string of the molecule is CCC(C)C1CC(=O)CCC1CC. The molecular formula is C12H22O. The van der Waals surface area contributed by atoms with Gasteiger partial charge in [0, 0.05) is 12.8 Å². The predicted molar refractivity (Wildman–Crippen MR) is 55.6 cm³/mol. The summed E-state index contributed by atoms with van der Waals surface area (Å²) in [7, 11) is 0. The Morgan fingerprint density at radius 3 is 2.69 bits per heavy atom. The van der Waals surface area contributed by atoms with Gasteiger partial charge in [-0.3, -0.25) is 4.79 Å². The van der Waals surface area contributed by atoms with Gasteiger partial charge in [0.25, 0.3) is 0 Å². The second-order valence-electron chi connectivity index (χ2n) is 4.50. The van der Waals surface area contributed by atoms with E-state index in [-0.39, 0.29) is 0 Å². The van der Waals surface area contributed by atoms with Gasteiger partial charge in [0.1, 0.15) is 5.78 Å². The lowest BCUT2D eigenvalue weighted by molar-refractivity contribution is -0.123. The predicted octanol–water partition coefficient (Wildman–Crippen LogP) is 3.43. The molecule has 0 aromatic heterocycles. The number of carbonyl (C=O) groups is 1. The molecule has 0 spiro atoms. The highest BCUT2D eigenvalue weighted by Crippen LogP contribution is 2.36. The van der Waals surface area contributed by atoms with Gasteiger partial charge >= 0.3 is 0 Å². The molecule has 0 bridgehead atoms. The summed E-state index contributed by atoms with van der Waals surface area (Å²) in [5.74, 6) is 2.72. The normalized spacial score (nSPS) is 31.8. The van der Waals surface area contributed by atoms with Crippen LogP contribution in [0, 0.1) is 17.8 Å². The molecule has 0 aliphatic heterocycles. The standard InChI is InChI=1S/C12H22O/c1-4-9(3)12-8-11(13)7-6-10(12)5-2/h9-10,12H,4-8H2,1-3H3. The first-order valence-electron chi connectivity index (χ1n) is 5.70. The Kier molecular flexibility index (Phi) is 3.95. The first-order valence-corrected chi connectivity index (χ1v) is 5.70. The third-order valence-corrected chi connectivity index (χ3v) is 3.76. The smallest absolute Gasteiger partial charge is 0.133 e. The second-order valence-corrected chi connectivity index (χ2v) is 4.50. The summed E-state index contributed by atoms with van der Waals surface area (Å²) in [6.45, 7) is 6.79. The minimum absolute atomic E-state index is 0.495. The van der Waals surface area contributed by atoms with Crippen LogP contribution in [0.1, 0.15) is 52.9 Å². The van der Waals surface area contributed by atoms with Crippen molar-refractivity contribution in [1.82, 2.24) is 0 Å². The summed E-state index contributed by atoms with van der Waals surface area (Å²) in [4.78, 5) is 11.4. The van der Waals surface area contributed by atoms with Crippen LogP contribution in [-0.2, 0) is 4.79 Å². The van der Waals surface area contributed by atoms with E-state index in [4.69, 9.17) is 0 Å². The Bertz CT molecular complexity index is 174. The molecule has 0 N–H and O–H groups in total. The van der Waals surface area contributed by atoms with Crippen LogP contribution in [0.4, 0.5) is 0 Å². The molecule has 3 atom stereocenters. The molecule has 1 fully saturated rings. The average molecular weight is 182 g/mol. The number of rotatable bonds is 3. The fourth-order valence-corrected chi connectivity index (χ4v) is 2.57. The Balaban J connectivity index is 2.59. The van der Waals surface area contributed by atoms with E-state index in [9.17, 15) is 4.79 Å². The number of carbonyl (C=O) groups excluding carboxylic acids is 1. The van der Waals surface area contributed by atoms with E-state index in [0.717, 1.165) is 31.1 Å². The van der Waals surface area contributed by atoms with Crippen molar-refractivity contribution in [3.05, 3.63) is 0 Å². The fourth-order valence-electron chi connectivity index (χ4n) is 2.57. The van der Waals surface area contributed by atoms with Crippen LogP contribution in [0.2, 0.25) is 0 Å². The van der Waals surface area contributed by atoms with Crippen LogP contribution in [0.15, 0.2) is 0 Å². The molecular weight excluding hydrogens is 160 g/mol. The van der Waals surface area contributed by atoms with Crippen molar-refractivity contribution in [2.75, 3.05) is 0 Å². The third kappa shape index (κ3) is 2.55. The molecule has 0 radical (unpaired) electrons. The molecule has 1 rings (SSSR count). The Morgan fingerprint density at radius 1 is 1.46 bits per heavy atom. The Hall–Kier alpha value is -0.330. The van der Waals surface area contributed by atoms with Gasteiger partial charge in [-0.1, -0.05) is 33.6 Å². The summed E-state index contributed by atoms with van der Waals surface area (Å²) in [6, 6.07) is 0. The van der Waals surface area contributed by atoms with E-state index in [2.05, 4.69) is 20.8 Å². The topological polar surface area (TPSA) is 17.1 Å². The summed E-state index contributed by atoms with van der Waals surface area (Å²) >= 11 is 0. The van der Waals surface area contributed by atoms with E-state index < -0.39 is 0 Å². The lowest BCUT2D eigenvalue weighted by Gasteiger charge is -2.34. The van der Waals surface area contributed by atoms with Gasteiger partial charge in [-0.05, 0) is 24.2 Å². The summed E-state index contributed by atoms with van der Waals surface area (Å²) in [6.07, 6.45) is 5.31. The third-order valence-electron chi connectivity index (χ3n) is 3.76. The quantitative estimate of drug-likeness (QED) is 0.653. The summed E-state index contributed by atoms with van der Waals surface area (Å²) < 4.78 is 0. The van der Waals surface area contributed by atoms with Crippen LogP contribution in [0.5, 0.6) is 0 Å². The molecule has 1 saturated carbocycles. The minimum Gasteiger partial charge on any atom is -0.300 e. The summed E-state index contributed by atoms with van der Waals surface area (Å²) in [5, 5.41) is 0. The number of Topliss-reactive ketones (excluding diaryl/α,β-unsaturated/α-hetero) is 1. The Labute approximate surface area is 81.9 Å². The molecule has 0 amide bonds. The highest BCUT2D eigenvalue weighted by molar-refractivity contribution is 5.79. The van der Waals surface area contributed by atoms with Gasteiger partial charge < -0.3 is 0 Å². The molecule has 1 aliphatic rings. The maximum absolute atomic E-state index is 11.4. The van der Waals surface area contributed by atoms with Crippen molar-refractivity contribution in [2.24, 2.45) is 17.8 Å². The van der Waals surface area contributed by atoms with E-state index >= 15 is 0 Å². The second kappa shape index (κ2) is 4.78. The monoisotopic (exact) mass is 182 g/mol. The maximum atomic E-state index is 11.4. The zero-order valence-electron chi connectivity index (χ0n) is 9.18. The van der Waals surface area contributed by atoms with Gasteiger partial charge in [-0.2, -0.15) is 0 Å². The van der Waals surface area contributed by atoms with Crippen LogP contribution < -0.4 is 0 Å². The molecule has 1 aliphatic carbocycles. The van der Waals surface area contributed by atoms with Crippen LogP contribution in [-0.4, -0.2) is 5.78 Å². The van der Waals surface area contributed by atoms with Crippen LogP contribution in [0.25, 0.3) is 0 Å². The van der Waals surface area contributed by atoms with Crippen LogP contribution in [0.3, 0.4) is 0 Å². The average Bonchev–Trinajstić information content (AvgIpc) is 2.16. The largest absolute Gasteiger partial charge is 0.300 e. The van der Waals surface area contributed by atoms with E-state index in [0.29, 0.717) is 11.7 Å². The molecule has 0 aromatic carbocycles. The molecule has 76 valence electrons. The lowest BCUT2D eigenvalue weighted by Crippen LogP contribution is -2.29. The molecule has 13 heavy (non-hydrogen) atoms. The Morgan fingerprint density at radius 2 is 2.15 bits per heavy atom. The number of hydrogen-bond donors (Lipinski definition) is 0. The van der Waals surface area contributed by atoms with Crippen molar-refractivity contribution in [3.8, 4) is 0 Å². The minimum atomic E-state index is 0.495. The van der Waals surface area contributed by atoms with Crippen molar-refractivity contribution in [2.45, 2.75) is 52.9 Å². The molecule has 0 saturated heterocycles. The van der Waals surface area contributed by atoms with Gasteiger partial charge in [0.15, 0.2) is 0 Å². The summed E-state index contributed by atoms with van der Waals surface area (Å²) in [5.41, 5.74) is 0. The van der Waals surface area contributed by atoms with Gasteiger partial charge in [-0.15, -0.1) is 0 Å². The van der Waals surface area contributed by atoms with Crippen LogP contribution >= 0.6 is 0 Å². The van der Waals surface area contributed by atoms with Gasteiger partial charge in [0.05, 0.1) is 0 Å². The van der Waals surface area contributed by atoms with Crippen molar-refractivity contribution in [1.29, 1.82) is 0 Å². The number of ketones is 1. The van der Waals surface area contributed by atoms with Crippen molar-refractivity contribution in [3.63, 3.8) is 0 Å². The van der Waals surface area contributed by atoms with E-state index in [1.807, 2.05) is 0 Å². The number of hydrogen-bond acceptors (Lipinski definition) is 1. The first-order chi connectivity index (χ1) is 6.19. The molecule has 3 unspecified atom stereocenters. The van der Waals surface area contributed by atoms with E-state index in [1.165, 1.54) is 12.8 Å². The molecule has 0 aromatic rings. The van der Waals surface area contributed by atoms with Gasteiger partial charge in [-0.25, -0.2) is 0 Å². The molecule has 0 heterocycles. The maximum Gasteiger partial charge on any atom is 0.133 e. The highest BCUT2D eigenvalue weighted by atomic mass is 16.1. The van der Waals surface area contributed by atoms with Crippen molar-refractivity contribution >= 4 is 5.78 Å². The zero-order valence-corrected chi connectivity index (χ0v) is 9.18. The fraction of sp³-hybridized carbons (Fsp3) is 0.917.